The first-order chi connectivity index (χ1) is 11.1. The molecule has 0 saturated carbocycles. The first-order valence-electron chi connectivity index (χ1n) is 7.87. The molecule has 1 aromatic heterocycles. The van der Waals surface area contributed by atoms with Gasteiger partial charge in [0, 0.05) is 4.88 Å². The second-order valence-corrected chi connectivity index (χ2v) is 7.24. The molecular weight excluding hydrogens is 343 g/mol. The van der Waals surface area contributed by atoms with Gasteiger partial charge < -0.3 is 10.1 Å². The number of thiophene rings is 1. The lowest BCUT2D eigenvalue weighted by Crippen LogP contribution is -2.30. The molecule has 1 aliphatic rings. The van der Waals surface area contributed by atoms with E-state index >= 15 is 0 Å². The first kappa shape index (κ1) is 18.8. The van der Waals surface area contributed by atoms with Crippen molar-refractivity contribution in [1.29, 1.82) is 0 Å². The Morgan fingerprint density at radius 1 is 1.38 bits per heavy atom. The zero-order valence-corrected chi connectivity index (χ0v) is 14.6. The summed E-state index contributed by atoms with van der Waals surface area (Å²) in [4.78, 5) is 24.5. The Bertz CT molecular complexity index is 637. The molecule has 0 radical (unpaired) electrons. The van der Waals surface area contributed by atoms with Crippen molar-refractivity contribution in [3.8, 4) is 0 Å². The van der Waals surface area contributed by atoms with Gasteiger partial charge in [-0.25, -0.2) is 4.79 Å². The van der Waals surface area contributed by atoms with Gasteiger partial charge >= 0.3 is 18.1 Å². The lowest BCUT2D eigenvalue weighted by atomic mass is 9.85. The molecule has 134 valence electrons. The molecule has 1 N–H and O–H groups in total. The third kappa shape index (κ3) is 4.09. The second kappa shape index (κ2) is 7.13. The van der Waals surface area contributed by atoms with E-state index in [9.17, 15) is 22.8 Å². The highest BCUT2D eigenvalue weighted by atomic mass is 32.1. The summed E-state index contributed by atoms with van der Waals surface area (Å²) in [5.41, 5.74) is 0.795. The number of fused-ring (bicyclic) bond motifs is 1. The predicted molar refractivity (Wildman–Crippen MR) is 85.4 cm³/mol. The Hall–Kier alpha value is -1.57. The van der Waals surface area contributed by atoms with Gasteiger partial charge in [0.2, 0.25) is 0 Å². The maximum Gasteiger partial charge on any atom is 0.471 e. The van der Waals surface area contributed by atoms with Crippen LogP contribution in [0.3, 0.4) is 0 Å². The summed E-state index contributed by atoms with van der Waals surface area (Å²) in [6.07, 6.45) is -2.25. The van der Waals surface area contributed by atoms with Gasteiger partial charge in [-0.1, -0.05) is 13.3 Å². The molecule has 0 aromatic carbocycles. The highest BCUT2D eigenvalue weighted by Gasteiger charge is 2.40. The van der Waals surface area contributed by atoms with Crippen LogP contribution in [-0.2, 0) is 22.4 Å². The van der Waals surface area contributed by atoms with Crippen LogP contribution < -0.4 is 5.32 Å². The number of hydrogen-bond donors (Lipinski definition) is 1. The lowest BCUT2D eigenvalue weighted by Gasteiger charge is -2.21. The van der Waals surface area contributed by atoms with E-state index < -0.39 is 24.2 Å². The quantitative estimate of drug-likeness (QED) is 0.810. The molecule has 0 bridgehead atoms. The minimum atomic E-state index is -5.00. The fraction of sp³-hybridized carbons (Fsp3) is 0.625. The standard InChI is InChI=1S/C16H20F3NO3S/c1-4-9-5-6-10-11(7-9)24-13(20-15(22)16(17,18)19)12(10)14(21)23-8(2)3/h8-9H,4-7H2,1-3H3,(H,20,22). The Morgan fingerprint density at radius 3 is 2.58 bits per heavy atom. The molecule has 1 aromatic rings. The van der Waals surface area contributed by atoms with Crippen molar-refractivity contribution in [2.75, 3.05) is 5.32 Å². The second-order valence-electron chi connectivity index (χ2n) is 6.13. The molecule has 0 aliphatic heterocycles. The molecule has 8 heteroatoms. The van der Waals surface area contributed by atoms with E-state index in [1.54, 1.807) is 13.8 Å². The third-order valence-electron chi connectivity index (χ3n) is 3.98. The Morgan fingerprint density at radius 2 is 2.04 bits per heavy atom. The minimum absolute atomic E-state index is 0.0651. The highest BCUT2D eigenvalue weighted by Crippen LogP contribution is 2.41. The van der Waals surface area contributed by atoms with Gasteiger partial charge in [-0.2, -0.15) is 13.2 Å². The first-order valence-corrected chi connectivity index (χ1v) is 8.68. The van der Waals surface area contributed by atoms with Crippen molar-refractivity contribution in [3.63, 3.8) is 0 Å². The molecule has 0 spiro atoms. The van der Waals surface area contributed by atoms with E-state index in [0.717, 1.165) is 29.1 Å². The smallest absolute Gasteiger partial charge is 0.459 e. The van der Waals surface area contributed by atoms with E-state index in [2.05, 4.69) is 6.92 Å². The van der Waals surface area contributed by atoms with Crippen LogP contribution >= 0.6 is 11.3 Å². The number of halogens is 3. The van der Waals surface area contributed by atoms with Gasteiger partial charge in [-0.15, -0.1) is 11.3 Å². The number of esters is 1. The van der Waals surface area contributed by atoms with E-state index in [-0.39, 0.29) is 10.6 Å². The highest BCUT2D eigenvalue weighted by molar-refractivity contribution is 7.17. The van der Waals surface area contributed by atoms with Crippen molar-refractivity contribution < 1.29 is 27.5 Å². The van der Waals surface area contributed by atoms with Crippen LogP contribution in [0.25, 0.3) is 0 Å². The summed E-state index contributed by atoms with van der Waals surface area (Å²) < 4.78 is 42.8. The SMILES string of the molecule is CCC1CCc2c(sc(NC(=O)C(F)(F)F)c2C(=O)OC(C)C)C1. The van der Waals surface area contributed by atoms with Crippen LogP contribution in [0.1, 0.15) is 54.4 Å². The van der Waals surface area contributed by atoms with Crippen molar-refractivity contribution >= 4 is 28.2 Å². The molecule has 1 amide bonds. The number of carbonyl (C=O) groups is 2. The van der Waals surface area contributed by atoms with Crippen LogP contribution in [0.2, 0.25) is 0 Å². The fourth-order valence-corrected chi connectivity index (χ4v) is 4.10. The fourth-order valence-electron chi connectivity index (χ4n) is 2.75. The molecule has 0 fully saturated rings. The molecule has 0 saturated heterocycles. The van der Waals surface area contributed by atoms with Gasteiger partial charge in [0.1, 0.15) is 5.00 Å². The van der Waals surface area contributed by atoms with Gasteiger partial charge in [-0.3, -0.25) is 4.79 Å². The topological polar surface area (TPSA) is 55.4 Å². The number of rotatable bonds is 4. The summed E-state index contributed by atoms with van der Waals surface area (Å²) in [5.74, 6) is -2.32. The summed E-state index contributed by atoms with van der Waals surface area (Å²) >= 11 is 1.05. The van der Waals surface area contributed by atoms with Crippen molar-refractivity contribution in [1.82, 2.24) is 0 Å². The van der Waals surface area contributed by atoms with Crippen LogP contribution in [0, 0.1) is 5.92 Å². The maximum atomic E-state index is 12.6. The molecule has 24 heavy (non-hydrogen) atoms. The van der Waals surface area contributed by atoms with E-state index in [1.807, 2.05) is 5.32 Å². The maximum absolute atomic E-state index is 12.6. The summed E-state index contributed by atoms with van der Waals surface area (Å²) in [7, 11) is 0. The van der Waals surface area contributed by atoms with Crippen LogP contribution in [0.5, 0.6) is 0 Å². The number of alkyl halides is 3. The molecule has 1 heterocycles. The van der Waals surface area contributed by atoms with Crippen LogP contribution in [-0.4, -0.2) is 24.2 Å². The minimum Gasteiger partial charge on any atom is -0.459 e. The van der Waals surface area contributed by atoms with Gasteiger partial charge in [0.15, 0.2) is 0 Å². The molecular formula is C16H20F3NO3S. The van der Waals surface area contributed by atoms with Crippen molar-refractivity contribution in [2.45, 2.75) is 58.7 Å². The Kier molecular flexibility index (Phi) is 5.57. The van der Waals surface area contributed by atoms with Crippen molar-refractivity contribution in [2.24, 2.45) is 5.92 Å². The molecule has 1 aliphatic carbocycles. The number of ether oxygens (including phenoxy) is 1. The summed E-state index contributed by atoms with van der Waals surface area (Å²) in [6, 6.07) is 0. The number of hydrogen-bond acceptors (Lipinski definition) is 4. The van der Waals surface area contributed by atoms with Gasteiger partial charge in [-0.05, 0) is 44.6 Å². The summed E-state index contributed by atoms with van der Waals surface area (Å²) in [6.45, 7) is 5.39. The third-order valence-corrected chi connectivity index (χ3v) is 5.15. The molecule has 1 unspecified atom stereocenters. The number of anilines is 1. The average molecular weight is 363 g/mol. The Labute approximate surface area is 142 Å². The zero-order chi connectivity index (χ0) is 18.1. The van der Waals surface area contributed by atoms with E-state index in [0.29, 0.717) is 24.3 Å². The monoisotopic (exact) mass is 363 g/mol. The number of amides is 1. The lowest BCUT2D eigenvalue weighted by molar-refractivity contribution is -0.167. The van der Waals surface area contributed by atoms with Crippen LogP contribution in [0.4, 0.5) is 18.2 Å². The Balaban J connectivity index is 2.39. The molecule has 1 atom stereocenters. The predicted octanol–water partition coefficient (Wildman–Crippen LogP) is 4.33. The normalized spacial score (nSPS) is 17.5. The largest absolute Gasteiger partial charge is 0.471 e. The van der Waals surface area contributed by atoms with E-state index in [4.69, 9.17) is 4.74 Å². The van der Waals surface area contributed by atoms with Crippen LogP contribution in [0.15, 0.2) is 0 Å². The van der Waals surface area contributed by atoms with E-state index in [1.165, 1.54) is 0 Å². The number of nitrogens with one attached hydrogen (secondary N) is 1. The van der Waals surface area contributed by atoms with Gasteiger partial charge in [0.25, 0.3) is 0 Å². The molecule has 4 nitrogen and oxygen atoms in total. The summed E-state index contributed by atoms with van der Waals surface area (Å²) in [5, 5.41) is 1.78. The molecule has 2 rings (SSSR count). The zero-order valence-electron chi connectivity index (χ0n) is 13.8. The number of carbonyl (C=O) groups excluding carboxylic acids is 2. The van der Waals surface area contributed by atoms with Crippen molar-refractivity contribution in [3.05, 3.63) is 16.0 Å². The average Bonchev–Trinajstić information content (AvgIpc) is 2.82. The van der Waals surface area contributed by atoms with Gasteiger partial charge in [0.05, 0.1) is 11.7 Å².